The van der Waals surface area contributed by atoms with Crippen LogP contribution >= 0.6 is 0 Å². The first-order chi connectivity index (χ1) is 17.3. The first-order valence-corrected chi connectivity index (χ1v) is 14.8. The number of ether oxygens (including phenoxy) is 1. The van der Waals surface area contributed by atoms with Gasteiger partial charge in [-0.15, -0.1) is 0 Å². The van der Waals surface area contributed by atoms with E-state index in [0.717, 1.165) is 32.1 Å². The third-order valence-corrected chi connectivity index (χ3v) is 11.6. The van der Waals surface area contributed by atoms with E-state index in [4.69, 9.17) is 4.55 Å². The van der Waals surface area contributed by atoms with Crippen molar-refractivity contribution in [3.05, 3.63) is 0 Å². The number of carbonyl (C=O) groups is 3. The zero-order chi connectivity index (χ0) is 28.5. The van der Waals surface area contributed by atoms with Gasteiger partial charge in [-0.05, 0) is 78.9 Å². The third-order valence-electron chi connectivity index (χ3n) is 10.8. The van der Waals surface area contributed by atoms with Gasteiger partial charge in [-0.1, -0.05) is 20.8 Å². The number of ketones is 2. The maximum Gasteiger partial charge on any atom is 0.485 e. The molecule has 4 saturated carbocycles. The number of halogens is 4. The van der Waals surface area contributed by atoms with E-state index in [2.05, 4.69) is 18.6 Å². The molecule has 1 N–H and O–H groups in total. The number of alkyl halides is 4. The van der Waals surface area contributed by atoms with Gasteiger partial charge in [0.1, 0.15) is 11.6 Å². The quantitative estimate of drug-likeness (QED) is 0.248. The summed E-state index contributed by atoms with van der Waals surface area (Å²) in [6, 6.07) is 0. The second-order valence-corrected chi connectivity index (χ2v) is 14.0. The molecule has 216 valence electrons. The molecular formula is C26H36F4O7S. The molecule has 0 radical (unpaired) electrons. The predicted molar refractivity (Wildman–Crippen MR) is 127 cm³/mol. The Bertz CT molecular complexity index is 1110. The van der Waals surface area contributed by atoms with Gasteiger partial charge in [0.05, 0.1) is 0 Å². The largest absolute Gasteiger partial charge is 0.485 e. The Hall–Kier alpha value is -1.56. The Morgan fingerprint density at radius 1 is 1.05 bits per heavy atom. The van der Waals surface area contributed by atoms with Gasteiger partial charge in [-0.2, -0.15) is 26.0 Å². The van der Waals surface area contributed by atoms with Crippen molar-refractivity contribution in [2.75, 3.05) is 0 Å². The van der Waals surface area contributed by atoms with Gasteiger partial charge in [-0.3, -0.25) is 18.9 Å². The zero-order valence-corrected chi connectivity index (χ0v) is 22.7. The highest BCUT2D eigenvalue weighted by Gasteiger charge is 2.69. The van der Waals surface area contributed by atoms with E-state index in [0.29, 0.717) is 19.3 Å². The fourth-order valence-electron chi connectivity index (χ4n) is 8.65. The molecule has 0 bridgehead atoms. The van der Waals surface area contributed by atoms with E-state index in [1.807, 2.05) is 6.92 Å². The third kappa shape index (κ3) is 4.61. The van der Waals surface area contributed by atoms with Gasteiger partial charge < -0.3 is 4.74 Å². The molecule has 0 spiro atoms. The smallest absolute Gasteiger partial charge is 0.395 e. The maximum absolute atomic E-state index is 13.6. The van der Waals surface area contributed by atoms with Crippen molar-refractivity contribution >= 4 is 27.7 Å². The van der Waals surface area contributed by atoms with Gasteiger partial charge in [0.15, 0.2) is 0 Å². The molecule has 4 rings (SSSR count). The minimum absolute atomic E-state index is 0.0450. The van der Waals surface area contributed by atoms with Crippen LogP contribution in [0.5, 0.6) is 0 Å². The van der Waals surface area contributed by atoms with Crippen LogP contribution in [0.25, 0.3) is 0 Å². The van der Waals surface area contributed by atoms with Crippen molar-refractivity contribution < 1.29 is 49.7 Å². The normalized spacial score (nSPS) is 38.7. The lowest BCUT2D eigenvalue weighted by Gasteiger charge is -2.59. The summed E-state index contributed by atoms with van der Waals surface area (Å²) in [4.78, 5) is 37.5. The summed E-state index contributed by atoms with van der Waals surface area (Å²) >= 11 is 0. The number of rotatable bonds is 7. The van der Waals surface area contributed by atoms with E-state index < -0.39 is 33.9 Å². The van der Waals surface area contributed by atoms with Crippen LogP contribution in [0.4, 0.5) is 17.6 Å². The molecule has 0 aliphatic heterocycles. The summed E-state index contributed by atoms with van der Waals surface area (Å²) in [5.41, 5.74) is -0.258. The minimum atomic E-state index is -6.51. The van der Waals surface area contributed by atoms with Gasteiger partial charge in [0.2, 0.25) is 0 Å². The summed E-state index contributed by atoms with van der Waals surface area (Å²) in [7, 11) is -6.51. The second-order valence-electron chi connectivity index (χ2n) is 12.6. The van der Waals surface area contributed by atoms with Crippen LogP contribution in [0, 0.1) is 46.3 Å². The Labute approximate surface area is 220 Å². The van der Waals surface area contributed by atoms with Crippen LogP contribution < -0.4 is 0 Å². The molecule has 7 nitrogen and oxygen atoms in total. The molecule has 4 aliphatic carbocycles. The molecule has 4 fully saturated rings. The first kappa shape index (κ1) is 29.4. The summed E-state index contributed by atoms with van der Waals surface area (Å²) < 4.78 is 87.1. The number of hydrogen-bond donors (Lipinski definition) is 1. The summed E-state index contributed by atoms with van der Waals surface area (Å²) in [6.07, 6.45) is -0.726. The number of esters is 1. The van der Waals surface area contributed by atoms with E-state index in [1.165, 1.54) is 0 Å². The highest BCUT2D eigenvalue weighted by atomic mass is 32.2. The topological polar surface area (TPSA) is 115 Å². The maximum atomic E-state index is 13.6. The van der Waals surface area contributed by atoms with Crippen molar-refractivity contribution in [3.63, 3.8) is 0 Å². The molecule has 0 aromatic heterocycles. The molecule has 0 heterocycles. The zero-order valence-electron chi connectivity index (χ0n) is 21.9. The molecule has 0 aromatic rings. The molecule has 4 aliphatic rings. The Kier molecular flexibility index (Phi) is 7.37. The molecular weight excluding hydrogens is 532 g/mol. The first-order valence-electron chi connectivity index (χ1n) is 13.3. The molecule has 0 amide bonds. The highest BCUT2D eigenvalue weighted by molar-refractivity contribution is 7.86. The molecule has 0 saturated heterocycles. The molecule has 8 atom stereocenters. The standard InChI is InChI=1S/C26H36F4O7S/c1-14(4-7-21(33)37-25(27,28)26(29,30)38(34,35)36)17-5-6-18-22-19(9-11-24(17,18)3)23(2)10-8-16(31)12-15(23)13-20(22)32/h14-15,17-19,22H,4-13H2,1-3H3,(H,34,35,36)/t14-,15?,17-,18+,19+,22+,23+,24-/m1/s1. The van der Waals surface area contributed by atoms with Crippen molar-refractivity contribution in [1.82, 2.24) is 0 Å². The monoisotopic (exact) mass is 568 g/mol. The Morgan fingerprint density at radius 3 is 2.32 bits per heavy atom. The number of fused-ring (bicyclic) bond motifs is 5. The van der Waals surface area contributed by atoms with Gasteiger partial charge in [0, 0.05) is 31.6 Å². The molecule has 38 heavy (non-hydrogen) atoms. The van der Waals surface area contributed by atoms with Crippen molar-refractivity contribution in [1.29, 1.82) is 0 Å². The predicted octanol–water partition coefficient (Wildman–Crippen LogP) is 5.43. The van der Waals surface area contributed by atoms with Gasteiger partial charge >= 0.3 is 27.5 Å². The SMILES string of the molecule is C[C@H](CCC(=O)OC(F)(F)C(F)(F)S(=O)(=O)O)[C@H]1CC[C@H]2[C@@H]3C(=O)CC4CC(=O)CC[C@]4(C)[C@H]3CC[C@]12C. The van der Waals surface area contributed by atoms with Crippen LogP contribution in [-0.4, -0.2) is 41.9 Å². The lowest BCUT2D eigenvalue weighted by Crippen LogP contribution is -2.57. The summed E-state index contributed by atoms with van der Waals surface area (Å²) in [5, 5.41) is -5.97. The minimum Gasteiger partial charge on any atom is -0.395 e. The van der Waals surface area contributed by atoms with Gasteiger partial charge in [-0.25, -0.2) is 0 Å². The summed E-state index contributed by atoms with van der Waals surface area (Å²) in [5.74, 6) is -0.971. The van der Waals surface area contributed by atoms with E-state index in [-0.39, 0.29) is 64.3 Å². The number of Topliss-reactive ketones (excluding diaryl/α,β-unsaturated/α-hetero) is 2. The van der Waals surface area contributed by atoms with Gasteiger partial charge in [0.25, 0.3) is 0 Å². The fraction of sp³-hybridized carbons (Fsp3) is 0.885. The van der Waals surface area contributed by atoms with Crippen molar-refractivity contribution in [3.8, 4) is 0 Å². The second kappa shape index (κ2) is 9.52. The molecule has 0 aromatic carbocycles. The van der Waals surface area contributed by atoms with Crippen LogP contribution in [0.3, 0.4) is 0 Å². The van der Waals surface area contributed by atoms with Crippen LogP contribution in [0.1, 0.15) is 85.0 Å². The van der Waals surface area contributed by atoms with E-state index in [1.54, 1.807) is 0 Å². The lowest BCUT2D eigenvalue weighted by molar-refractivity contribution is -0.302. The van der Waals surface area contributed by atoms with E-state index in [9.17, 15) is 40.4 Å². The average molecular weight is 569 g/mol. The highest BCUT2D eigenvalue weighted by Crippen LogP contribution is 2.67. The van der Waals surface area contributed by atoms with Crippen LogP contribution in [0.2, 0.25) is 0 Å². The van der Waals surface area contributed by atoms with Crippen molar-refractivity contribution in [2.45, 2.75) is 96.3 Å². The Morgan fingerprint density at radius 2 is 1.68 bits per heavy atom. The lowest BCUT2D eigenvalue weighted by atomic mass is 9.44. The fourth-order valence-corrected chi connectivity index (χ4v) is 8.99. The summed E-state index contributed by atoms with van der Waals surface area (Å²) in [6.45, 7) is 6.24. The van der Waals surface area contributed by atoms with Crippen LogP contribution in [0.15, 0.2) is 0 Å². The number of hydrogen-bond acceptors (Lipinski definition) is 6. The Balaban J connectivity index is 1.42. The molecule has 12 heteroatoms. The molecule has 1 unspecified atom stereocenters. The van der Waals surface area contributed by atoms with Crippen LogP contribution in [-0.2, 0) is 29.2 Å². The van der Waals surface area contributed by atoms with Crippen molar-refractivity contribution in [2.24, 2.45) is 46.3 Å². The van der Waals surface area contributed by atoms with E-state index >= 15 is 0 Å². The number of carbonyl (C=O) groups excluding carboxylic acids is 3. The average Bonchev–Trinajstić information content (AvgIpc) is 3.14.